The number of hydrogen-bond donors (Lipinski definition) is 2. The average molecular weight is 471 g/mol. The van der Waals surface area contributed by atoms with Crippen molar-refractivity contribution in [2.45, 2.75) is 26.3 Å². The first-order valence-electron chi connectivity index (χ1n) is 8.37. The number of guanidine groups is 1. The minimum absolute atomic E-state index is 0. The van der Waals surface area contributed by atoms with Gasteiger partial charge in [-0.25, -0.2) is 4.39 Å². The molecule has 6 heteroatoms. The van der Waals surface area contributed by atoms with Gasteiger partial charge in [-0.2, -0.15) is 0 Å². The molecule has 0 saturated carbocycles. The zero-order chi connectivity index (χ0) is 18.2. The molecule has 2 N–H and O–H groups in total. The Morgan fingerprint density at radius 3 is 2.58 bits per heavy atom. The van der Waals surface area contributed by atoms with Crippen LogP contribution < -0.4 is 15.4 Å². The summed E-state index contributed by atoms with van der Waals surface area (Å²) in [5.41, 5.74) is 3.38. The van der Waals surface area contributed by atoms with Crippen molar-refractivity contribution in [3.05, 3.63) is 65.0 Å². The molecule has 0 bridgehead atoms. The van der Waals surface area contributed by atoms with Gasteiger partial charge in [0.05, 0.1) is 7.11 Å². The minimum atomic E-state index is -0.363. The molecule has 0 aromatic heterocycles. The summed E-state index contributed by atoms with van der Waals surface area (Å²) in [6.07, 6.45) is 0. The second-order valence-corrected chi connectivity index (χ2v) is 6.09. The monoisotopic (exact) mass is 471 g/mol. The van der Waals surface area contributed by atoms with Gasteiger partial charge in [0, 0.05) is 20.1 Å². The molecule has 1 atom stereocenters. The second kappa shape index (κ2) is 11.0. The van der Waals surface area contributed by atoms with Crippen molar-refractivity contribution in [1.29, 1.82) is 0 Å². The van der Waals surface area contributed by atoms with Gasteiger partial charge in [-0.05, 0) is 36.1 Å². The quantitative estimate of drug-likeness (QED) is 0.377. The SMILES string of the molecule is CN=C(NCc1ccc(OC)c(F)c1)NCC(C)c1cccc(C)c1.I. The molecule has 2 aromatic carbocycles. The Hall–Kier alpha value is -1.83. The zero-order valence-corrected chi connectivity index (χ0v) is 18.0. The Kier molecular flexibility index (Phi) is 9.40. The molecule has 2 aromatic rings. The molecule has 4 nitrogen and oxygen atoms in total. The maximum Gasteiger partial charge on any atom is 0.191 e. The molecule has 0 heterocycles. The Balaban J connectivity index is 0.00000338. The van der Waals surface area contributed by atoms with E-state index >= 15 is 0 Å². The lowest BCUT2D eigenvalue weighted by atomic mass is 9.99. The van der Waals surface area contributed by atoms with Crippen molar-refractivity contribution in [1.82, 2.24) is 10.6 Å². The summed E-state index contributed by atoms with van der Waals surface area (Å²) in [5, 5.41) is 6.52. The smallest absolute Gasteiger partial charge is 0.191 e. The Morgan fingerprint density at radius 1 is 1.19 bits per heavy atom. The standard InChI is InChI=1S/C20H26FN3O.HI/c1-14-6-5-7-17(10-14)15(2)12-23-20(22-3)24-13-16-8-9-19(25-4)18(21)11-16;/h5-11,15H,12-13H2,1-4H3,(H2,22,23,24);1H. The van der Waals surface area contributed by atoms with Crippen LogP contribution in [0.4, 0.5) is 4.39 Å². The van der Waals surface area contributed by atoms with Crippen LogP contribution in [0.1, 0.15) is 29.5 Å². The number of rotatable bonds is 6. The fourth-order valence-corrected chi connectivity index (χ4v) is 2.57. The predicted octanol–water partition coefficient (Wildman–Crippen LogP) is 4.23. The molecule has 1 unspecified atom stereocenters. The van der Waals surface area contributed by atoms with Crippen LogP contribution in [0.5, 0.6) is 5.75 Å². The van der Waals surface area contributed by atoms with E-state index in [-0.39, 0.29) is 35.5 Å². The first-order chi connectivity index (χ1) is 12.0. The maximum atomic E-state index is 13.7. The van der Waals surface area contributed by atoms with Crippen LogP contribution in [0.15, 0.2) is 47.5 Å². The number of nitrogens with one attached hydrogen (secondary N) is 2. The zero-order valence-electron chi connectivity index (χ0n) is 15.7. The fraction of sp³-hybridized carbons (Fsp3) is 0.350. The third-order valence-electron chi connectivity index (χ3n) is 4.09. The summed E-state index contributed by atoms with van der Waals surface area (Å²) in [6.45, 7) is 5.52. The molecule has 2 rings (SSSR count). The summed E-state index contributed by atoms with van der Waals surface area (Å²) in [7, 11) is 3.18. The summed E-state index contributed by atoms with van der Waals surface area (Å²) < 4.78 is 18.7. The van der Waals surface area contributed by atoms with E-state index in [0.29, 0.717) is 18.4 Å². The number of halogens is 2. The number of methoxy groups -OCH3 is 1. The summed E-state index contributed by atoms with van der Waals surface area (Å²) in [5.74, 6) is 0.934. The molecule has 0 radical (unpaired) electrons. The van der Waals surface area contributed by atoms with Gasteiger partial charge in [-0.15, -0.1) is 24.0 Å². The van der Waals surface area contributed by atoms with Gasteiger partial charge in [0.25, 0.3) is 0 Å². The molecular formula is C20H27FIN3O. The van der Waals surface area contributed by atoms with Crippen LogP contribution in [0.3, 0.4) is 0 Å². The first-order valence-corrected chi connectivity index (χ1v) is 8.37. The van der Waals surface area contributed by atoms with E-state index in [1.54, 1.807) is 13.1 Å². The number of aliphatic imine (C=N–C) groups is 1. The highest BCUT2D eigenvalue weighted by atomic mass is 127. The van der Waals surface area contributed by atoms with Gasteiger partial charge in [0.15, 0.2) is 17.5 Å². The molecule has 26 heavy (non-hydrogen) atoms. The van der Waals surface area contributed by atoms with Gasteiger partial charge < -0.3 is 15.4 Å². The van der Waals surface area contributed by atoms with E-state index in [2.05, 4.69) is 53.7 Å². The average Bonchev–Trinajstić information content (AvgIpc) is 2.61. The normalized spacial score (nSPS) is 12.1. The summed E-state index contributed by atoms with van der Waals surface area (Å²) in [4.78, 5) is 4.22. The van der Waals surface area contributed by atoms with Crippen molar-refractivity contribution in [2.24, 2.45) is 4.99 Å². The Morgan fingerprint density at radius 2 is 1.96 bits per heavy atom. The van der Waals surface area contributed by atoms with Gasteiger partial charge in [-0.3, -0.25) is 4.99 Å². The third kappa shape index (κ3) is 6.48. The second-order valence-electron chi connectivity index (χ2n) is 6.09. The predicted molar refractivity (Wildman–Crippen MR) is 116 cm³/mol. The highest BCUT2D eigenvalue weighted by molar-refractivity contribution is 14.0. The molecule has 0 fully saturated rings. The molecule has 0 amide bonds. The minimum Gasteiger partial charge on any atom is -0.494 e. The molecule has 0 spiro atoms. The van der Waals surface area contributed by atoms with Crippen molar-refractivity contribution in [2.75, 3.05) is 20.7 Å². The van der Waals surface area contributed by atoms with Gasteiger partial charge in [-0.1, -0.05) is 42.8 Å². The van der Waals surface area contributed by atoms with Crippen LogP contribution in [-0.2, 0) is 6.54 Å². The Labute approximate surface area is 172 Å². The molecule has 0 aliphatic carbocycles. The lowest BCUT2D eigenvalue weighted by molar-refractivity contribution is 0.386. The summed E-state index contributed by atoms with van der Waals surface area (Å²) >= 11 is 0. The van der Waals surface area contributed by atoms with Gasteiger partial charge >= 0.3 is 0 Å². The van der Waals surface area contributed by atoms with E-state index in [9.17, 15) is 4.39 Å². The van der Waals surface area contributed by atoms with Crippen molar-refractivity contribution in [3.63, 3.8) is 0 Å². The molecule has 0 aliphatic heterocycles. The summed E-state index contributed by atoms with van der Waals surface area (Å²) in [6, 6.07) is 13.4. The number of nitrogens with zero attached hydrogens (tertiary/aromatic N) is 1. The molecule has 0 aliphatic rings. The molecule has 142 valence electrons. The highest BCUT2D eigenvalue weighted by Gasteiger charge is 2.08. The van der Waals surface area contributed by atoms with Crippen molar-refractivity contribution < 1.29 is 9.13 Å². The van der Waals surface area contributed by atoms with Gasteiger partial charge in [0.2, 0.25) is 0 Å². The lowest BCUT2D eigenvalue weighted by Crippen LogP contribution is -2.38. The van der Waals surface area contributed by atoms with Crippen molar-refractivity contribution in [3.8, 4) is 5.75 Å². The fourth-order valence-electron chi connectivity index (χ4n) is 2.57. The Bertz CT molecular complexity index is 737. The highest BCUT2D eigenvalue weighted by Crippen LogP contribution is 2.17. The maximum absolute atomic E-state index is 13.7. The number of benzene rings is 2. The largest absolute Gasteiger partial charge is 0.494 e. The van der Waals surface area contributed by atoms with Crippen LogP contribution >= 0.6 is 24.0 Å². The number of ether oxygens (including phenoxy) is 1. The van der Waals surface area contributed by atoms with Crippen LogP contribution in [0, 0.1) is 12.7 Å². The van der Waals surface area contributed by atoms with E-state index in [1.165, 1.54) is 24.3 Å². The van der Waals surface area contributed by atoms with Crippen LogP contribution in [0.2, 0.25) is 0 Å². The number of aryl methyl sites for hydroxylation is 1. The van der Waals surface area contributed by atoms with Crippen LogP contribution in [0.25, 0.3) is 0 Å². The number of hydrogen-bond acceptors (Lipinski definition) is 2. The van der Waals surface area contributed by atoms with Gasteiger partial charge in [0.1, 0.15) is 0 Å². The topological polar surface area (TPSA) is 45.7 Å². The molecule has 0 saturated heterocycles. The first kappa shape index (κ1) is 22.2. The van der Waals surface area contributed by atoms with E-state index in [1.807, 2.05) is 6.07 Å². The third-order valence-corrected chi connectivity index (χ3v) is 4.09. The van der Waals surface area contributed by atoms with E-state index in [4.69, 9.17) is 4.74 Å². The van der Waals surface area contributed by atoms with E-state index < -0.39 is 0 Å². The van der Waals surface area contributed by atoms with Crippen LogP contribution in [-0.4, -0.2) is 26.7 Å². The molecular weight excluding hydrogens is 444 g/mol. The van der Waals surface area contributed by atoms with E-state index in [0.717, 1.165) is 12.1 Å². The van der Waals surface area contributed by atoms with Crippen molar-refractivity contribution >= 4 is 29.9 Å². The lowest BCUT2D eigenvalue weighted by Gasteiger charge is -2.17.